The minimum absolute atomic E-state index is 0.0819. The van der Waals surface area contributed by atoms with Gasteiger partial charge in [-0.1, -0.05) is 18.2 Å². The molecule has 0 atom stereocenters. The number of benzene rings is 1. The molecule has 0 saturated heterocycles. The Morgan fingerprint density at radius 2 is 2.25 bits per heavy atom. The molecule has 0 aromatic heterocycles. The van der Waals surface area contributed by atoms with Crippen molar-refractivity contribution in [3.63, 3.8) is 0 Å². The van der Waals surface area contributed by atoms with Crippen molar-refractivity contribution in [2.24, 2.45) is 0 Å². The van der Waals surface area contributed by atoms with Gasteiger partial charge in [-0.3, -0.25) is 9.63 Å². The zero-order valence-corrected chi connectivity index (χ0v) is 9.31. The molecule has 16 heavy (non-hydrogen) atoms. The van der Waals surface area contributed by atoms with Gasteiger partial charge in [0, 0.05) is 12.2 Å². The van der Waals surface area contributed by atoms with Crippen LogP contribution in [0.5, 0.6) is 0 Å². The highest BCUT2D eigenvalue weighted by molar-refractivity contribution is 5.95. The highest BCUT2D eigenvalue weighted by Crippen LogP contribution is 2.19. The van der Waals surface area contributed by atoms with Gasteiger partial charge in [0.2, 0.25) is 0 Å². The minimum Gasteiger partial charge on any atom is -0.380 e. The molecule has 4 heteroatoms. The molecule has 0 unspecified atom stereocenters. The van der Waals surface area contributed by atoms with Crippen LogP contribution < -0.4 is 0 Å². The maximum absolute atomic E-state index is 12.0. The number of hydrogen-bond acceptors (Lipinski definition) is 3. The Bertz CT molecular complexity index is 378. The fourth-order valence-electron chi connectivity index (χ4n) is 1.65. The summed E-state index contributed by atoms with van der Waals surface area (Å²) in [6.45, 7) is 4.01. The van der Waals surface area contributed by atoms with Gasteiger partial charge in [-0.05, 0) is 18.6 Å². The molecule has 0 fully saturated rings. The number of hydrogen-bond donors (Lipinski definition) is 0. The van der Waals surface area contributed by atoms with Crippen LogP contribution in [0.3, 0.4) is 0 Å². The number of ether oxygens (including phenoxy) is 1. The van der Waals surface area contributed by atoms with Crippen molar-refractivity contribution >= 4 is 5.91 Å². The highest BCUT2D eigenvalue weighted by atomic mass is 16.7. The Kier molecular flexibility index (Phi) is 3.54. The van der Waals surface area contributed by atoms with Crippen LogP contribution in [0.25, 0.3) is 0 Å². The summed E-state index contributed by atoms with van der Waals surface area (Å²) in [4.78, 5) is 17.3. The number of nitrogens with zero attached hydrogens (tertiary/aromatic N) is 1. The van der Waals surface area contributed by atoms with Crippen molar-refractivity contribution < 1.29 is 14.4 Å². The van der Waals surface area contributed by atoms with Gasteiger partial charge in [0.05, 0.1) is 13.2 Å². The second-order valence-electron chi connectivity index (χ2n) is 3.53. The summed E-state index contributed by atoms with van der Waals surface area (Å²) in [6.07, 6.45) is 0. The van der Waals surface area contributed by atoms with Gasteiger partial charge in [-0.15, -0.1) is 0 Å². The Morgan fingerprint density at radius 1 is 1.44 bits per heavy atom. The van der Waals surface area contributed by atoms with Crippen molar-refractivity contribution in [1.29, 1.82) is 0 Å². The molecule has 1 aliphatic heterocycles. The molecule has 86 valence electrons. The van der Waals surface area contributed by atoms with Crippen molar-refractivity contribution in [3.8, 4) is 0 Å². The third-order valence-electron chi connectivity index (χ3n) is 2.49. The first-order valence-electron chi connectivity index (χ1n) is 5.43. The largest absolute Gasteiger partial charge is 0.380 e. The predicted molar refractivity (Wildman–Crippen MR) is 58.8 cm³/mol. The number of carbonyl (C=O) groups excluding carboxylic acids is 1. The van der Waals surface area contributed by atoms with E-state index >= 15 is 0 Å². The molecule has 0 saturated carbocycles. The third kappa shape index (κ3) is 2.23. The number of rotatable bonds is 4. The van der Waals surface area contributed by atoms with E-state index in [1.165, 1.54) is 5.06 Å². The van der Waals surface area contributed by atoms with E-state index in [0.29, 0.717) is 26.4 Å². The Balaban J connectivity index is 2.03. The molecule has 1 aromatic carbocycles. The van der Waals surface area contributed by atoms with E-state index in [-0.39, 0.29) is 5.91 Å². The molecule has 1 amide bonds. The average Bonchev–Trinajstić information content (AvgIpc) is 2.33. The molecule has 4 nitrogen and oxygen atoms in total. The fourth-order valence-corrected chi connectivity index (χ4v) is 1.65. The van der Waals surface area contributed by atoms with E-state index in [4.69, 9.17) is 9.57 Å². The maximum Gasteiger partial charge on any atom is 0.277 e. The van der Waals surface area contributed by atoms with E-state index in [0.717, 1.165) is 11.1 Å². The maximum atomic E-state index is 12.0. The normalized spacial score (nSPS) is 15.1. The quantitative estimate of drug-likeness (QED) is 0.725. The summed E-state index contributed by atoms with van der Waals surface area (Å²) in [5.74, 6) is -0.0819. The Hall–Kier alpha value is -1.39. The van der Waals surface area contributed by atoms with Crippen molar-refractivity contribution in [3.05, 3.63) is 35.4 Å². The molecule has 0 radical (unpaired) electrons. The van der Waals surface area contributed by atoms with Crippen LogP contribution in [-0.2, 0) is 16.2 Å². The van der Waals surface area contributed by atoms with Crippen LogP contribution in [0.2, 0.25) is 0 Å². The lowest BCUT2D eigenvalue weighted by atomic mass is 10.1. The van der Waals surface area contributed by atoms with Crippen LogP contribution in [0.15, 0.2) is 24.3 Å². The lowest BCUT2D eigenvalue weighted by Crippen LogP contribution is -2.37. The van der Waals surface area contributed by atoms with Crippen molar-refractivity contribution in [2.45, 2.75) is 13.5 Å². The van der Waals surface area contributed by atoms with E-state index in [9.17, 15) is 4.79 Å². The van der Waals surface area contributed by atoms with Crippen LogP contribution in [0, 0.1) is 0 Å². The molecule has 0 bridgehead atoms. The van der Waals surface area contributed by atoms with Gasteiger partial charge in [0.15, 0.2) is 0 Å². The van der Waals surface area contributed by atoms with Gasteiger partial charge >= 0.3 is 0 Å². The van der Waals surface area contributed by atoms with Crippen molar-refractivity contribution in [1.82, 2.24) is 5.06 Å². The first-order chi connectivity index (χ1) is 7.83. The summed E-state index contributed by atoms with van der Waals surface area (Å²) in [7, 11) is 0. The van der Waals surface area contributed by atoms with Gasteiger partial charge < -0.3 is 4.74 Å². The third-order valence-corrected chi connectivity index (χ3v) is 2.49. The van der Waals surface area contributed by atoms with Crippen LogP contribution in [0.4, 0.5) is 0 Å². The summed E-state index contributed by atoms with van der Waals surface area (Å²) in [5, 5.41) is 1.37. The number of carbonyl (C=O) groups is 1. The van der Waals surface area contributed by atoms with Gasteiger partial charge in [0.25, 0.3) is 5.91 Å². The molecular weight excluding hydrogens is 206 g/mol. The molecule has 1 aromatic rings. The topological polar surface area (TPSA) is 38.8 Å². The average molecular weight is 221 g/mol. The molecular formula is C12H15NO3. The predicted octanol–water partition coefficient (Wildman–Crippen LogP) is 1.61. The zero-order valence-electron chi connectivity index (χ0n) is 9.31. The van der Waals surface area contributed by atoms with E-state index in [1.807, 2.05) is 31.2 Å². The van der Waals surface area contributed by atoms with Crippen molar-refractivity contribution in [2.75, 3.05) is 19.8 Å². The zero-order chi connectivity index (χ0) is 11.4. The molecule has 1 heterocycles. The van der Waals surface area contributed by atoms with E-state index in [1.54, 1.807) is 0 Å². The van der Waals surface area contributed by atoms with Crippen LogP contribution in [-0.4, -0.2) is 30.7 Å². The lowest BCUT2D eigenvalue weighted by Gasteiger charge is -2.27. The first kappa shape index (κ1) is 11.1. The Morgan fingerprint density at radius 3 is 3.06 bits per heavy atom. The smallest absolute Gasteiger partial charge is 0.277 e. The SMILES string of the molecule is CCOCCN1OCc2ccccc2C1=O. The van der Waals surface area contributed by atoms with E-state index < -0.39 is 0 Å². The second-order valence-corrected chi connectivity index (χ2v) is 3.53. The molecule has 2 rings (SSSR count). The molecule has 0 N–H and O–H groups in total. The molecule has 1 aliphatic rings. The first-order valence-corrected chi connectivity index (χ1v) is 5.43. The summed E-state index contributed by atoms with van der Waals surface area (Å²) >= 11 is 0. The standard InChI is InChI=1S/C12H15NO3/c1-2-15-8-7-13-12(14)11-6-4-3-5-10(11)9-16-13/h3-6H,2,7-9H2,1H3. The number of hydroxylamine groups is 2. The monoisotopic (exact) mass is 221 g/mol. The molecule has 0 aliphatic carbocycles. The van der Waals surface area contributed by atoms with Crippen LogP contribution >= 0.6 is 0 Å². The minimum atomic E-state index is -0.0819. The highest BCUT2D eigenvalue weighted by Gasteiger charge is 2.24. The van der Waals surface area contributed by atoms with Gasteiger partial charge in [-0.25, -0.2) is 5.06 Å². The lowest BCUT2D eigenvalue weighted by molar-refractivity contribution is -0.147. The number of amides is 1. The van der Waals surface area contributed by atoms with E-state index in [2.05, 4.69) is 0 Å². The fraction of sp³-hybridized carbons (Fsp3) is 0.417. The Labute approximate surface area is 94.7 Å². The summed E-state index contributed by atoms with van der Waals surface area (Å²) in [5.41, 5.74) is 1.67. The second kappa shape index (κ2) is 5.09. The number of fused-ring (bicyclic) bond motifs is 1. The summed E-state index contributed by atoms with van der Waals surface area (Å²) in [6, 6.07) is 7.51. The molecule has 0 spiro atoms. The summed E-state index contributed by atoms with van der Waals surface area (Å²) < 4.78 is 5.20. The van der Waals surface area contributed by atoms with Gasteiger partial charge in [-0.2, -0.15) is 0 Å². The van der Waals surface area contributed by atoms with Gasteiger partial charge in [0.1, 0.15) is 6.61 Å². The van der Waals surface area contributed by atoms with Crippen LogP contribution in [0.1, 0.15) is 22.8 Å².